The van der Waals surface area contributed by atoms with E-state index in [1.165, 1.54) is 6.07 Å². The lowest BCUT2D eigenvalue weighted by Gasteiger charge is -2.11. The van der Waals surface area contributed by atoms with Gasteiger partial charge in [-0.25, -0.2) is 0 Å². The van der Waals surface area contributed by atoms with E-state index in [2.05, 4.69) is 10.3 Å². The molecule has 0 unspecified atom stereocenters. The molecule has 0 aliphatic rings. The molecule has 1 aromatic heterocycles. The molecule has 0 atom stereocenters. The molecule has 1 amide bonds. The van der Waals surface area contributed by atoms with Gasteiger partial charge >= 0.3 is 6.18 Å². The summed E-state index contributed by atoms with van der Waals surface area (Å²) >= 11 is 5.90. The van der Waals surface area contributed by atoms with Crippen LogP contribution in [0.3, 0.4) is 0 Å². The predicted octanol–water partition coefficient (Wildman–Crippen LogP) is 4.77. The zero-order chi connectivity index (χ0) is 18.7. The van der Waals surface area contributed by atoms with Gasteiger partial charge in [0.05, 0.1) is 12.0 Å². The first kappa shape index (κ1) is 18.2. The number of fused-ring (bicyclic) bond motifs is 1. The van der Waals surface area contributed by atoms with Gasteiger partial charge in [0.25, 0.3) is 0 Å². The van der Waals surface area contributed by atoms with E-state index in [0.29, 0.717) is 5.56 Å². The van der Waals surface area contributed by atoms with Crippen LogP contribution in [0.2, 0.25) is 5.02 Å². The molecule has 3 rings (SSSR count). The highest BCUT2D eigenvalue weighted by atomic mass is 35.5. The van der Waals surface area contributed by atoms with Crippen LogP contribution in [0, 0.1) is 0 Å². The molecule has 1 heterocycles. The Kier molecular flexibility index (Phi) is 5.13. The fraction of sp³-hybridized carbons (Fsp3) is 0.158. The third kappa shape index (κ3) is 4.14. The average Bonchev–Trinajstić information content (AvgIpc) is 2.60. The number of nitrogens with one attached hydrogen (secondary N) is 1. The van der Waals surface area contributed by atoms with Crippen LogP contribution >= 0.6 is 11.6 Å². The molecule has 0 aliphatic carbocycles. The molecule has 3 nitrogen and oxygen atoms in total. The zero-order valence-corrected chi connectivity index (χ0v) is 14.2. The maximum atomic E-state index is 12.7. The van der Waals surface area contributed by atoms with E-state index in [4.69, 9.17) is 11.6 Å². The van der Waals surface area contributed by atoms with E-state index in [0.717, 1.165) is 28.5 Å². The highest BCUT2D eigenvalue weighted by Gasteiger charge is 2.30. The Morgan fingerprint density at radius 2 is 1.92 bits per heavy atom. The van der Waals surface area contributed by atoms with Gasteiger partial charge in [-0.2, -0.15) is 13.2 Å². The monoisotopic (exact) mass is 378 g/mol. The number of benzene rings is 2. The molecular formula is C19H14ClF3N2O. The minimum atomic E-state index is -4.45. The van der Waals surface area contributed by atoms with E-state index in [-0.39, 0.29) is 23.9 Å². The Bertz CT molecular complexity index is 952. The lowest BCUT2D eigenvalue weighted by molar-refractivity contribution is -0.137. The number of rotatable bonds is 4. The number of amides is 1. The number of nitrogens with zero attached hydrogens (tertiary/aromatic N) is 1. The van der Waals surface area contributed by atoms with Gasteiger partial charge in [0.15, 0.2) is 0 Å². The minimum Gasteiger partial charge on any atom is -0.352 e. The van der Waals surface area contributed by atoms with Gasteiger partial charge < -0.3 is 5.32 Å². The van der Waals surface area contributed by atoms with Crippen LogP contribution in [0.1, 0.15) is 16.7 Å². The van der Waals surface area contributed by atoms with Gasteiger partial charge in [-0.15, -0.1) is 0 Å². The molecule has 0 saturated heterocycles. The van der Waals surface area contributed by atoms with Crippen molar-refractivity contribution in [3.05, 3.63) is 76.6 Å². The molecule has 0 radical (unpaired) electrons. The van der Waals surface area contributed by atoms with E-state index in [1.54, 1.807) is 12.4 Å². The molecule has 0 aliphatic heterocycles. The van der Waals surface area contributed by atoms with Gasteiger partial charge in [0, 0.05) is 29.3 Å². The fourth-order valence-electron chi connectivity index (χ4n) is 2.64. The summed E-state index contributed by atoms with van der Waals surface area (Å²) in [6, 6.07) is 10.5. The summed E-state index contributed by atoms with van der Waals surface area (Å²) in [6.45, 7) is 0.0577. The number of alkyl halides is 3. The predicted molar refractivity (Wildman–Crippen MR) is 93.7 cm³/mol. The number of hydrogen-bond donors (Lipinski definition) is 1. The number of carbonyl (C=O) groups excluding carboxylic acids is 1. The molecular weight excluding hydrogens is 365 g/mol. The molecule has 0 spiro atoms. The lowest BCUT2D eigenvalue weighted by Crippen LogP contribution is -2.24. The smallest absolute Gasteiger partial charge is 0.352 e. The topological polar surface area (TPSA) is 42.0 Å². The summed E-state index contributed by atoms with van der Waals surface area (Å²) in [7, 11) is 0. The Morgan fingerprint density at radius 1 is 1.12 bits per heavy atom. The van der Waals surface area contributed by atoms with Crippen molar-refractivity contribution in [1.82, 2.24) is 10.3 Å². The highest BCUT2D eigenvalue weighted by molar-refractivity contribution is 6.31. The standard InChI is InChI=1S/C19H14ClF3N2O/c20-17-9-15(19(21,22)23)5-4-14(17)11-25-18(26)8-12-2-1-3-13-10-24-7-6-16(12)13/h1-7,9-10H,8,11H2,(H,25,26). The fourth-order valence-corrected chi connectivity index (χ4v) is 2.89. The summed E-state index contributed by atoms with van der Waals surface area (Å²) in [5, 5.41) is 4.53. The van der Waals surface area contributed by atoms with Crippen molar-refractivity contribution >= 4 is 28.3 Å². The molecule has 2 aromatic carbocycles. The third-order valence-corrected chi connectivity index (χ3v) is 4.33. The number of carbonyl (C=O) groups is 1. The van der Waals surface area contributed by atoms with Crippen LogP contribution in [0.5, 0.6) is 0 Å². The molecule has 7 heteroatoms. The van der Waals surface area contributed by atoms with Crippen molar-refractivity contribution in [3.8, 4) is 0 Å². The largest absolute Gasteiger partial charge is 0.416 e. The van der Waals surface area contributed by atoms with Crippen molar-refractivity contribution < 1.29 is 18.0 Å². The molecule has 26 heavy (non-hydrogen) atoms. The summed E-state index contributed by atoms with van der Waals surface area (Å²) in [5.74, 6) is -0.245. The van der Waals surface area contributed by atoms with E-state index < -0.39 is 11.7 Å². The number of hydrogen-bond acceptors (Lipinski definition) is 2. The van der Waals surface area contributed by atoms with Gasteiger partial charge in [0.1, 0.15) is 0 Å². The first-order chi connectivity index (χ1) is 12.3. The van der Waals surface area contributed by atoms with Gasteiger partial charge in [-0.1, -0.05) is 35.9 Å². The van der Waals surface area contributed by atoms with Crippen molar-refractivity contribution in [2.75, 3.05) is 0 Å². The summed E-state index contributed by atoms with van der Waals surface area (Å²) < 4.78 is 38.0. The van der Waals surface area contributed by atoms with Crippen molar-refractivity contribution in [2.24, 2.45) is 0 Å². The Balaban J connectivity index is 1.68. The van der Waals surface area contributed by atoms with Crippen LogP contribution in [0.4, 0.5) is 13.2 Å². The molecule has 0 fully saturated rings. The van der Waals surface area contributed by atoms with Crippen molar-refractivity contribution in [3.63, 3.8) is 0 Å². The first-order valence-corrected chi connectivity index (χ1v) is 8.16. The average molecular weight is 379 g/mol. The van der Waals surface area contributed by atoms with E-state index >= 15 is 0 Å². The SMILES string of the molecule is O=C(Cc1cccc2cnccc12)NCc1ccc(C(F)(F)F)cc1Cl. The number of aromatic nitrogens is 1. The van der Waals surface area contributed by atoms with E-state index in [9.17, 15) is 18.0 Å². The van der Waals surface area contributed by atoms with Crippen LogP contribution in [0.15, 0.2) is 54.9 Å². The van der Waals surface area contributed by atoms with Crippen molar-refractivity contribution in [1.29, 1.82) is 0 Å². The van der Waals surface area contributed by atoms with Crippen LogP contribution in [-0.4, -0.2) is 10.9 Å². The van der Waals surface area contributed by atoms with Crippen LogP contribution in [0.25, 0.3) is 10.8 Å². The number of pyridine rings is 1. The van der Waals surface area contributed by atoms with E-state index in [1.807, 2.05) is 24.3 Å². The van der Waals surface area contributed by atoms with Crippen molar-refractivity contribution in [2.45, 2.75) is 19.1 Å². The second-order valence-electron chi connectivity index (χ2n) is 5.77. The molecule has 3 aromatic rings. The Morgan fingerprint density at radius 3 is 2.65 bits per heavy atom. The minimum absolute atomic E-state index is 0.0311. The Hall–Kier alpha value is -2.60. The van der Waals surface area contributed by atoms with Crippen LogP contribution in [-0.2, 0) is 23.9 Å². The van der Waals surface area contributed by atoms with Gasteiger partial charge in [-0.05, 0) is 34.7 Å². The van der Waals surface area contributed by atoms with Gasteiger partial charge in [0.2, 0.25) is 5.91 Å². The Labute approximate surface area is 152 Å². The summed E-state index contributed by atoms with van der Waals surface area (Å²) in [4.78, 5) is 16.3. The second kappa shape index (κ2) is 7.33. The first-order valence-electron chi connectivity index (χ1n) is 7.78. The summed E-state index contributed by atoms with van der Waals surface area (Å²) in [5.41, 5.74) is 0.456. The molecule has 0 saturated carbocycles. The normalized spacial score (nSPS) is 11.5. The highest BCUT2D eigenvalue weighted by Crippen LogP contribution is 2.32. The molecule has 134 valence electrons. The maximum Gasteiger partial charge on any atom is 0.416 e. The molecule has 0 bridgehead atoms. The quantitative estimate of drug-likeness (QED) is 0.710. The van der Waals surface area contributed by atoms with Gasteiger partial charge in [-0.3, -0.25) is 9.78 Å². The van der Waals surface area contributed by atoms with Crippen LogP contribution < -0.4 is 5.32 Å². The second-order valence-corrected chi connectivity index (χ2v) is 6.18. The zero-order valence-electron chi connectivity index (χ0n) is 13.5. The summed E-state index contributed by atoms with van der Waals surface area (Å²) in [6.07, 6.45) is -0.918. The maximum absolute atomic E-state index is 12.7. The third-order valence-electron chi connectivity index (χ3n) is 3.98. The lowest BCUT2D eigenvalue weighted by atomic mass is 10.0. The molecule has 1 N–H and O–H groups in total. The number of halogens is 4.